The monoisotopic (exact) mass is 194 g/mol. The van der Waals surface area contributed by atoms with Crippen LogP contribution in [0.1, 0.15) is 19.8 Å². The van der Waals surface area contributed by atoms with Crippen molar-refractivity contribution in [3.8, 4) is 0 Å². The predicted octanol–water partition coefficient (Wildman–Crippen LogP) is 0.542. The second kappa shape index (κ2) is 5.29. The number of carbonyl (C=O) groups excluding carboxylic acids is 1. The Morgan fingerprint density at radius 2 is 2.21 bits per heavy atom. The maximum atomic E-state index is 11.4. The summed E-state index contributed by atoms with van der Waals surface area (Å²) >= 11 is 0. The van der Waals surface area contributed by atoms with Gasteiger partial charge < -0.3 is 11.1 Å². The van der Waals surface area contributed by atoms with Gasteiger partial charge in [0.05, 0.1) is 24.1 Å². The van der Waals surface area contributed by atoms with E-state index in [0.717, 1.165) is 6.42 Å². The van der Waals surface area contributed by atoms with Crippen molar-refractivity contribution in [3.05, 3.63) is 18.7 Å². The van der Waals surface area contributed by atoms with Crippen molar-refractivity contribution in [2.75, 3.05) is 5.32 Å². The van der Waals surface area contributed by atoms with Crippen molar-refractivity contribution in [2.45, 2.75) is 25.8 Å². The Morgan fingerprint density at radius 3 is 2.79 bits per heavy atom. The average molecular weight is 194 g/mol. The molecule has 0 aliphatic rings. The summed E-state index contributed by atoms with van der Waals surface area (Å²) in [4.78, 5) is 19.0. The minimum atomic E-state index is -0.458. The smallest absolute Gasteiger partial charge is 0.241 e. The summed E-state index contributed by atoms with van der Waals surface area (Å²) in [6.45, 7) is 1.98. The fraction of sp³-hybridized carbons (Fsp3) is 0.444. The summed E-state index contributed by atoms with van der Waals surface area (Å²) in [5, 5.41) is 2.64. The van der Waals surface area contributed by atoms with Crippen molar-refractivity contribution in [2.24, 2.45) is 5.73 Å². The van der Waals surface area contributed by atoms with Gasteiger partial charge in [0.25, 0.3) is 0 Å². The Morgan fingerprint density at radius 1 is 1.57 bits per heavy atom. The van der Waals surface area contributed by atoms with Gasteiger partial charge in [-0.15, -0.1) is 0 Å². The predicted molar refractivity (Wildman–Crippen MR) is 53.5 cm³/mol. The minimum Gasteiger partial charge on any atom is -0.322 e. The van der Waals surface area contributed by atoms with Crippen molar-refractivity contribution >= 4 is 11.6 Å². The van der Waals surface area contributed by atoms with E-state index in [1.807, 2.05) is 6.92 Å². The first-order chi connectivity index (χ1) is 6.74. The number of anilines is 1. The number of nitrogens with two attached hydrogens (primary N) is 1. The number of hydrogen-bond acceptors (Lipinski definition) is 4. The van der Waals surface area contributed by atoms with Crippen molar-refractivity contribution in [3.63, 3.8) is 0 Å². The SMILES string of the molecule is CCC[C@@H](N)C(=O)Nc1cncnc1. The molecule has 1 heterocycles. The molecule has 5 nitrogen and oxygen atoms in total. The third-order valence-corrected chi connectivity index (χ3v) is 1.76. The molecule has 5 heteroatoms. The van der Waals surface area contributed by atoms with Crippen LogP contribution in [0.2, 0.25) is 0 Å². The van der Waals surface area contributed by atoms with E-state index < -0.39 is 6.04 Å². The lowest BCUT2D eigenvalue weighted by Crippen LogP contribution is -2.35. The van der Waals surface area contributed by atoms with Gasteiger partial charge in [-0.1, -0.05) is 13.3 Å². The molecule has 0 unspecified atom stereocenters. The Balaban J connectivity index is 2.49. The second-order valence-corrected chi connectivity index (χ2v) is 3.01. The standard InChI is InChI=1S/C9H14N4O/c1-2-3-8(10)9(14)13-7-4-11-6-12-5-7/h4-6,8H,2-3,10H2,1H3,(H,13,14)/t8-/m1/s1. The number of rotatable bonds is 4. The molecule has 1 atom stereocenters. The molecule has 1 amide bonds. The van der Waals surface area contributed by atoms with Gasteiger partial charge in [0.2, 0.25) is 5.91 Å². The molecule has 0 saturated carbocycles. The highest BCUT2D eigenvalue weighted by atomic mass is 16.2. The van der Waals surface area contributed by atoms with Gasteiger partial charge in [-0.05, 0) is 6.42 Å². The number of hydrogen-bond donors (Lipinski definition) is 2. The molecule has 1 aromatic heterocycles. The number of carbonyl (C=O) groups is 1. The third kappa shape index (κ3) is 3.10. The van der Waals surface area contributed by atoms with Gasteiger partial charge in [-0.25, -0.2) is 9.97 Å². The van der Waals surface area contributed by atoms with E-state index in [9.17, 15) is 4.79 Å². The molecule has 14 heavy (non-hydrogen) atoms. The lowest BCUT2D eigenvalue weighted by molar-refractivity contribution is -0.117. The lowest BCUT2D eigenvalue weighted by Gasteiger charge is -2.09. The number of aromatic nitrogens is 2. The first-order valence-corrected chi connectivity index (χ1v) is 4.55. The Labute approximate surface area is 82.7 Å². The van der Waals surface area contributed by atoms with Crippen LogP contribution in [0.15, 0.2) is 18.7 Å². The zero-order chi connectivity index (χ0) is 10.4. The van der Waals surface area contributed by atoms with E-state index in [1.165, 1.54) is 18.7 Å². The normalized spacial score (nSPS) is 12.1. The van der Waals surface area contributed by atoms with Gasteiger partial charge in [-0.2, -0.15) is 0 Å². The number of nitrogens with zero attached hydrogens (tertiary/aromatic N) is 2. The summed E-state index contributed by atoms with van der Waals surface area (Å²) < 4.78 is 0. The molecule has 0 radical (unpaired) electrons. The molecule has 0 aliphatic heterocycles. The van der Waals surface area contributed by atoms with Crippen LogP contribution >= 0.6 is 0 Å². The molecule has 76 valence electrons. The van der Waals surface area contributed by atoms with Crippen LogP contribution in [-0.2, 0) is 4.79 Å². The third-order valence-electron chi connectivity index (χ3n) is 1.76. The van der Waals surface area contributed by atoms with E-state index in [4.69, 9.17) is 5.73 Å². The van der Waals surface area contributed by atoms with Crippen molar-refractivity contribution < 1.29 is 4.79 Å². The van der Waals surface area contributed by atoms with E-state index in [0.29, 0.717) is 12.1 Å². The van der Waals surface area contributed by atoms with Crippen LogP contribution in [0.4, 0.5) is 5.69 Å². The zero-order valence-electron chi connectivity index (χ0n) is 8.10. The average Bonchev–Trinajstić information content (AvgIpc) is 2.19. The molecular weight excluding hydrogens is 180 g/mol. The van der Waals surface area contributed by atoms with Gasteiger partial charge in [-0.3, -0.25) is 4.79 Å². The topological polar surface area (TPSA) is 80.9 Å². The lowest BCUT2D eigenvalue weighted by atomic mass is 10.2. The molecule has 0 spiro atoms. The fourth-order valence-electron chi connectivity index (χ4n) is 1.04. The molecule has 0 aromatic carbocycles. The van der Waals surface area contributed by atoms with Crippen LogP contribution in [0, 0.1) is 0 Å². The second-order valence-electron chi connectivity index (χ2n) is 3.01. The quantitative estimate of drug-likeness (QED) is 0.733. The maximum absolute atomic E-state index is 11.4. The largest absolute Gasteiger partial charge is 0.322 e. The summed E-state index contributed by atoms with van der Waals surface area (Å²) in [6.07, 6.45) is 6.04. The summed E-state index contributed by atoms with van der Waals surface area (Å²) in [6, 6.07) is -0.458. The highest BCUT2D eigenvalue weighted by Crippen LogP contribution is 2.02. The van der Waals surface area contributed by atoms with Gasteiger partial charge >= 0.3 is 0 Å². The highest BCUT2D eigenvalue weighted by Gasteiger charge is 2.11. The van der Waals surface area contributed by atoms with Gasteiger partial charge in [0, 0.05) is 0 Å². The molecular formula is C9H14N4O. The minimum absolute atomic E-state index is 0.193. The molecule has 3 N–H and O–H groups in total. The van der Waals surface area contributed by atoms with E-state index >= 15 is 0 Å². The Hall–Kier alpha value is -1.49. The fourth-order valence-corrected chi connectivity index (χ4v) is 1.04. The van der Waals surface area contributed by atoms with Gasteiger partial charge in [0.15, 0.2) is 0 Å². The number of amides is 1. The van der Waals surface area contributed by atoms with Crippen LogP contribution < -0.4 is 11.1 Å². The number of nitrogens with one attached hydrogen (secondary N) is 1. The molecule has 0 aliphatic carbocycles. The van der Waals surface area contributed by atoms with Crippen LogP contribution in [-0.4, -0.2) is 21.9 Å². The van der Waals surface area contributed by atoms with Gasteiger partial charge in [0.1, 0.15) is 6.33 Å². The maximum Gasteiger partial charge on any atom is 0.241 e. The van der Waals surface area contributed by atoms with E-state index in [2.05, 4.69) is 15.3 Å². The Kier molecular flexibility index (Phi) is 4.00. The first kappa shape index (κ1) is 10.6. The van der Waals surface area contributed by atoms with Crippen molar-refractivity contribution in [1.29, 1.82) is 0 Å². The Bertz CT molecular complexity index is 288. The molecule has 0 bridgehead atoms. The highest BCUT2D eigenvalue weighted by molar-refractivity contribution is 5.94. The van der Waals surface area contributed by atoms with Crippen LogP contribution in [0.5, 0.6) is 0 Å². The zero-order valence-corrected chi connectivity index (χ0v) is 8.10. The summed E-state index contributed by atoms with van der Waals surface area (Å²) in [5.41, 5.74) is 6.20. The summed E-state index contributed by atoms with van der Waals surface area (Å²) in [5.74, 6) is -0.193. The molecule has 1 aromatic rings. The van der Waals surface area contributed by atoms with E-state index in [-0.39, 0.29) is 5.91 Å². The van der Waals surface area contributed by atoms with E-state index in [1.54, 1.807) is 0 Å². The molecule has 1 rings (SSSR count). The van der Waals surface area contributed by atoms with Crippen molar-refractivity contribution in [1.82, 2.24) is 9.97 Å². The van der Waals surface area contributed by atoms with Crippen LogP contribution in [0.25, 0.3) is 0 Å². The molecule has 0 fully saturated rings. The molecule has 0 saturated heterocycles. The summed E-state index contributed by atoms with van der Waals surface area (Å²) in [7, 11) is 0. The van der Waals surface area contributed by atoms with Crippen LogP contribution in [0.3, 0.4) is 0 Å². The first-order valence-electron chi connectivity index (χ1n) is 4.55.